The molecule has 0 radical (unpaired) electrons. The minimum absolute atomic E-state index is 0.278. The Hall–Kier alpha value is -2.14. The Morgan fingerprint density at radius 1 is 1.47 bits per heavy atom. The van der Waals surface area contributed by atoms with Crippen LogP contribution in [0.15, 0.2) is 35.0 Å². The molecule has 0 fully saturated rings. The van der Waals surface area contributed by atoms with Crippen molar-refractivity contribution in [2.75, 3.05) is 0 Å². The van der Waals surface area contributed by atoms with Crippen LogP contribution >= 0.6 is 0 Å². The summed E-state index contributed by atoms with van der Waals surface area (Å²) in [6.45, 7) is 1.68. The van der Waals surface area contributed by atoms with Gasteiger partial charge in [0.1, 0.15) is 11.3 Å². The standard InChI is InChI=1S/C14H14N2O3/c1-8-11(7-15-19-8)14(18)16-13-10-5-3-2-4-9(10)6-12(13)17/h2-5,7,12-13,17H,6H2,1H3,(H,16,18)/t12-,13+/m1/s1. The van der Waals surface area contributed by atoms with Crippen LogP contribution in [0.2, 0.25) is 0 Å². The van der Waals surface area contributed by atoms with Crippen molar-refractivity contribution in [3.8, 4) is 0 Å². The van der Waals surface area contributed by atoms with Gasteiger partial charge >= 0.3 is 0 Å². The predicted octanol–water partition coefficient (Wildman–Crippen LogP) is 1.37. The highest BCUT2D eigenvalue weighted by Crippen LogP contribution is 2.31. The average Bonchev–Trinajstić information content (AvgIpc) is 2.94. The normalized spacial score (nSPS) is 21.2. The zero-order valence-corrected chi connectivity index (χ0v) is 10.5. The van der Waals surface area contributed by atoms with Gasteiger partial charge in [0, 0.05) is 6.42 Å². The minimum Gasteiger partial charge on any atom is -0.390 e. The summed E-state index contributed by atoms with van der Waals surface area (Å²) in [5, 5.41) is 16.5. The van der Waals surface area contributed by atoms with Gasteiger partial charge in [-0.25, -0.2) is 0 Å². The van der Waals surface area contributed by atoms with Crippen molar-refractivity contribution in [2.24, 2.45) is 0 Å². The molecule has 5 nitrogen and oxygen atoms in total. The number of fused-ring (bicyclic) bond motifs is 1. The Balaban J connectivity index is 1.84. The molecule has 1 aromatic carbocycles. The van der Waals surface area contributed by atoms with Crippen molar-refractivity contribution in [2.45, 2.75) is 25.5 Å². The van der Waals surface area contributed by atoms with E-state index in [0.29, 0.717) is 17.7 Å². The number of aryl methyl sites for hydroxylation is 1. The Kier molecular flexibility index (Phi) is 2.83. The molecule has 0 spiro atoms. The largest absolute Gasteiger partial charge is 0.390 e. The van der Waals surface area contributed by atoms with Gasteiger partial charge in [0.15, 0.2) is 0 Å². The highest BCUT2D eigenvalue weighted by atomic mass is 16.5. The molecule has 0 bridgehead atoms. The third-order valence-electron chi connectivity index (χ3n) is 3.49. The Morgan fingerprint density at radius 3 is 3.00 bits per heavy atom. The first kappa shape index (κ1) is 11.9. The van der Waals surface area contributed by atoms with Gasteiger partial charge < -0.3 is 14.9 Å². The number of carbonyl (C=O) groups is 1. The van der Waals surface area contributed by atoms with Gasteiger partial charge in [-0.05, 0) is 18.1 Å². The van der Waals surface area contributed by atoms with Crippen LogP contribution in [0.5, 0.6) is 0 Å². The minimum atomic E-state index is -0.596. The molecule has 1 aromatic heterocycles. The number of hydrogen-bond donors (Lipinski definition) is 2. The van der Waals surface area contributed by atoms with E-state index in [-0.39, 0.29) is 11.9 Å². The van der Waals surface area contributed by atoms with E-state index in [1.54, 1.807) is 6.92 Å². The molecule has 2 aromatic rings. The van der Waals surface area contributed by atoms with Gasteiger partial charge in [0.2, 0.25) is 0 Å². The van der Waals surface area contributed by atoms with E-state index in [4.69, 9.17) is 4.52 Å². The second-order valence-corrected chi connectivity index (χ2v) is 4.72. The molecular formula is C14H14N2O3. The zero-order valence-electron chi connectivity index (χ0n) is 10.5. The van der Waals surface area contributed by atoms with Crippen molar-refractivity contribution in [1.82, 2.24) is 10.5 Å². The highest BCUT2D eigenvalue weighted by molar-refractivity contribution is 5.95. The SMILES string of the molecule is Cc1oncc1C(=O)N[C@H]1c2ccccc2C[C@H]1O. The van der Waals surface area contributed by atoms with Crippen molar-refractivity contribution in [3.05, 3.63) is 52.9 Å². The van der Waals surface area contributed by atoms with Crippen LogP contribution in [0.4, 0.5) is 0 Å². The first-order valence-electron chi connectivity index (χ1n) is 6.15. The number of amides is 1. The molecule has 1 aliphatic rings. The molecule has 98 valence electrons. The summed E-state index contributed by atoms with van der Waals surface area (Å²) in [5.41, 5.74) is 2.44. The van der Waals surface area contributed by atoms with Crippen LogP contribution in [0, 0.1) is 6.92 Å². The smallest absolute Gasteiger partial charge is 0.257 e. The van der Waals surface area contributed by atoms with E-state index >= 15 is 0 Å². The Morgan fingerprint density at radius 2 is 2.26 bits per heavy atom. The topological polar surface area (TPSA) is 75.4 Å². The molecule has 1 amide bonds. The maximum atomic E-state index is 12.1. The number of aromatic nitrogens is 1. The number of nitrogens with one attached hydrogen (secondary N) is 1. The molecule has 0 saturated carbocycles. The van der Waals surface area contributed by atoms with Gasteiger partial charge in [-0.1, -0.05) is 29.4 Å². The lowest BCUT2D eigenvalue weighted by Gasteiger charge is -2.17. The predicted molar refractivity (Wildman–Crippen MR) is 67.6 cm³/mol. The number of aliphatic hydroxyl groups is 1. The molecule has 2 N–H and O–H groups in total. The average molecular weight is 258 g/mol. The lowest BCUT2D eigenvalue weighted by Crippen LogP contribution is -2.33. The van der Waals surface area contributed by atoms with E-state index in [0.717, 1.165) is 11.1 Å². The molecule has 0 aliphatic heterocycles. The Bertz CT molecular complexity index is 621. The molecule has 3 rings (SSSR count). The second-order valence-electron chi connectivity index (χ2n) is 4.72. The van der Waals surface area contributed by atoms with Crippen molar-refractivity contribution in [1.29, 1.82) is 0 Å². The number of rotatable bonds is 2. The molecule has 5 heteroatoms. The summed E-state index contributed by atoms with van der Waals surface area (Å²) in [6, 6.07) is 7.35. The van der Waals surface area contributed by atoms with Crippen molar-refractivity contribution in [3.63, 3.8) is 0 Å². The monoisotopic (exact) mass is 258 g/mol. The fourth-order valence-corrected chi connectivity index (χ4v) is 2.48. The fraction of sp³-hybridized carbons (Fsp3) is 0.286. The van der Waals surface area contributed by atoms with Crippen LogP contribution in [-0.4, -0.2) is 22.3 Å². The lowest BCUT2D eigenvalue weighted by atomic mass is 10.1. The molecule has 0 unspecified atom stereocenters. The van der Waals surface area contributed by atoms with Gasteiger partial charge in [0.05, 0.1) is 18.3 Å². The molecule has 1 heterocycles. The Labute approximate surface area is 110 Å². The van der Waals surface area contributed by atoms with Crippen molar-refractivity contribution >= 4 is 5.91 Å². The summed E-state index contributed by atoms with van der Waals surface area (Å²) in [6.07, 6.45) is 1.35. The quantitative estimate of drug-likeness (QED) is 0.853. The summed E-state index contributed by atoms with van der Waals surface area (Å²) < 4.78 is 4.87. The maximum Gasteiger partial charge on any atom is 0.257 e. The zero-order chi connectivity index (χ0) is 13.4. The van der Waals surface area contributed by atoms with E-state index in [1.165, 1.54) is 6.20 Å². The fourth-order valence-electron chi connectivity index (χ4n) is 2.48. The van der Waals surface area contributed by atoms with Gasteiger partial charge in [-0.2, -0.15) is 0 Å². The van der Waals surface area contributed by atoms with E-state index in [1.807, 2.05) is 24.3 Å². The summed E-state index contributed by atoms with van der Waals surface area (Å²) in [5.74, 6) is 0.192. The van der Waals surface area contributed by atoms with Crippen LogP contribution in [0.25, 0.3) is 0 Å². The van der Waals surface area contributed by atoms with E-state index in [9.17, 15) is 9.90 Å². The third kappa shape index (κ3) is 2.02. The van der Waals surface area contributed by atoms with Crippen LogP contribution in [0.1, 0.15) is 33.3 Å². The molecule has 2 atom stereocenters. The maximum absolute atomic E-state index is 12.1. The summed E-state index contributed by atoms with van der Waals surface area (Å²) >= 11 is 0. The summed E-state index contributed by atoms with van der Waals surface area (Å²) in [7, 11) is 0. The number of carbonyl (C=O) groups excluding carboxylic acids is 1. The van der Waals surface area contributed by atoms with Crippen LogP contribution in [0.3, 0.4) is 0 Å². The molecule has 0 saturated heterocycles. The number of nitrogens with zero attached hydrogens (tertiary/aromatic N) is 1. The molecular weight excluding hydrogens is 244 g/mol. The number of hydrogen-bond acceptors (Lipinski definition) is 4. The van der Waals surface area contributed by atoms with Crippen LogP contribution in [-0.2, 0) is 6.42 Å². The number of benzene rings is 1. The lowest BCUT2D eigenvalue weighted by molar-refractivity contribution is 0.0856. The van der Waals surface area contributed by atoms with Gasteiger partial charge in [0.25, 0.3) is 5.91 Å². The summed E-state index contributed by atoms with van der Waals surface area (Å²) in [4.78, 5) is 12.1. The molecule has 1 aliphatic carbocycles. The van der Waals surface area contributed by atoms with E-state index in [2.05, 4.69) is 10.5 Å². The van der Waals surface area contributed by atoms with Gasteiger partial charge in [-0.3, -0.25) is 4.79 Å². The van der Waals surface area contributed by atoms with Crippen LogP contribution < -0.4 is 5.32 Å². The third-order valence-corrected chi connectivity index (χ3v) is 3.49. The first-order valence-corrected chi connectivity index (χ1v) is 6.15. The van der Waals surface area contributed by atoms with E-state index < -0.39 is 6.10 Å². The number of aliphatic hydroxyl groups excluding tert-OH is 1. The molecule has 19 heavy (non-hydrogen) atoms. The van der Waals surface area contributed by atoms with Crippen molar-refractivity contribution < 1.29 is 14.4 Å². The first-order chi connectivity index (χ1) is 9.16. The van der Waals surface area contributed by atoms with Gasteiger partial charge in [-0.15, -0.1) is 0 Å². The second kappa shape index (κ2) is 4.51. The highest BCUT2D eigenvalue weighted by Gasteiger charge is 2.32.